The van der Waals surface area contributed by atoms with Crippen molar-refractivity contribution in [3.63, 3.8) is 0 Å². The lowest BCUT2D eigenvalue weighted by Gasteiger charge is -2.40. The van der Waals surface area contributed by atoms with Gasteiger partial charge >= 0.3 is 12.1 Å². The number of benzene rings is 3. The van der Waals surface area contributed by atoms with Gasteiger partial charge in [0.2, 0.25) is 11.8 Å². The van der Waals surface area contributed by atoms with Gasteiger partial charge < -0.3 is 19.6 Å². The Morgan fingerprint density at radius 3 is 2.42 bits per heavy atom. The van der Waals surface area contributed by atoms with Crippen LogP contribution in [-0.2, 0) is 35.8 Å². The number of nitrogens with zero attached hydrogens (tertiary/aromatic N) is 8. The lowest BCUT2D eigenvalue weighted by atomic mass is 9.83. The van der Waals surface area contributed by atoms with Crippen molar-refractivity contribution in [2.24, 2.45) is 13.0 Å². The summed E-state index contributed by atoms with van der Waals surface area (Å²) in [5, 5.41) is 21.9. The molecule has 3 amide bonds. The quantitative estimate of drug-likeness (QED) is 0.0928. The molecule has 0 radical (unpaired) electrons. The zero-order chi connectivity index (χ0) is 52.8. The van der Waals surface area contributed by atoms with Gasteiger partial charge in [-0.05, 0) is 112 Å². The molecule has 0 bridgehead atoms. The van der Waals surface area contributed by atoms with Crippen molar-refractivity contribution in [1.82, 2.24) is 34.9 Å². The predicted molar refractivity (Wildman–Crippen MR) is 283 cm³/mol. The van der Waals surface area contributed by atoms with Gasteiger partial charge in [0.1, 0.15) is 22.8 Å². The molecule has 3 fully saturated rings. The molecule has 394 valence electrons. The maximum absolute atomic E-state index is 15.2. The van der Waals surface area contributed by atoms with Gasteiger partial charge in [-0.25, -0.2) is 14.8 Å². The third kappa shape index (κ3) is 10.2. The Bertz CT molecular complexity index is 3350. The summed E-state index contributed by atoms with van der Waals surface area (Å²) in [5.41, 5.74) is 3.13. The molecule has 11 rings (SSSR count). The number of piperazine rings is 1. The van der Waals surface area contributed by atoms with Crippen LogP contribution < -0.4 is 25.2 Å². The molecule has 20 heteroatoms. The number of fused-ring (bicyclic) bond motifs is 3. The summed E-state index contributed by atoms with van der Waals surface area (Å²) in [6.07, 6.45) is 2.31. The number of piperidine rings is 1. The number of carboxylic acid groups (broad SMARTS) is 1. The lowest BCUT2D eigenvalue weighted by molar-refractivity contribution is -0.139. The minimum atomic E-state index is -4.88. The monoisotopic (exact) mass is 1050 g/mol. The van der Waals surface area contributed by atoms with Crippen molar-refractivity contribution in [1.29, 1.82) is 0 Å². The Hall–Kier alpha value is -7.45. The van der Waals surface area contributed by atoms with E-state index < -0.39 is 41.3 Å². The smallest absolute Gasteiger partial charge is 0.420 e. The molecule has 3 aromatic carbocycles. The van der Waals surface area contributed by atoms with Crippen LogP contribution in [0.5, 0.6) is 5.75 Å². The first-order chi connectivity index (χ1) is 36.7. The summed E-state index contributed by atoms with van der Waals surface area (Å²) in [5.74, 6) is -2.64. The fourth-order valence-corrected chi connectivity index (χ4v) is 12.5. The van der Waals surface area contributed by atoms with E-state index in [1.807, 2.05) is 54.2 Å². The molecule has 7 heterocycles. The highest BCUT2D eigenvalue weighted by molar-refractivity contribution is 7.22. The molecular formula is C56H57F3N10O6S. The van der Waals surface area contributed by atoms with Gasteiger partial charge in [-0.15, -0.1) is 0 Å². The van der Waals surface area contributed by atoms with E-state index in [4.69, 9.17) is 9.84 Å². The number of carboxylic acids is 1. The van der Waals surface area contributed by atoms with Crippen molar-refractivity contribution >= 4 is 72.8 Å². The number of alkyl halides is 3. The average molecular weight is 1060 g/mol. The maximum atomic E-state index is 15.2. The number of para-hydroxylation sites is 2. The largest absolute Gasteiger partial charge is 0.490 e. The zero-order valence-corrected chi connectivity index (χ0v) is 42.9. The van der Waals surface area contributed by atoms with Gasteiger partial charge in [-0.2, -0.15) is 18.3 Å². The minimum Gasteiger partial charge on any atom is -0.490 e. The van der Waals surface area contributed by atoms with E-state index in [0.717, 1.165) is 84.2 Å². The number of hydrogen-bond acceptors (Lipinski definition) is 13. The second-order valence-electron chi connectivity index (χ2n) is 20.4. The summed E-state index contributed by atoms with van der Waals surface area (Å²) in [4.78, 5) is 71.1. The predicted octanol–water partition coefficient (Wildman–Crippen LogP) is 9.62. The number of rotatable bonds is 13. The van der Waals surface area contributed by atoms with Crippen molar-refractivity contribution < 1.29 is 42.2 Å². The van der Waals surface area contributed by atoms with E-state index in [2.05, 4.69) is 48.4 Å². The van der Waals surface area contributed by atoms with Gasteiger partial charge in [0.05, 0.1) is 39.1 Å². The van der Waals surface area contributed by atoms with Crippen LogP contribution in [0, 0.1) is 5.92 Å². The summed E-state index contributed by atoms with van der Waals surface area (Å²) in [6.45, 7) is 6.26. The first-order valence-electron chi connectivity index (χ1n) is 25.9. The van der Waals surface area contributed by atoms with Gasteiger partial charge in [-0.1, -0.05) is 47.7 Å². The summed E-state index contributed by atoms with van der Waals surface area (Å²) in [7, 11) is 1.90. The van der Waals surface area contributed by atoms with E-state index >= 15 is 13.2 Å². The number of carbonyl (C=O) groups excluding carboxylic acids is 3. The second-order valence-corrected chi connectivity index (χ2v) is 21.4. The number of imide groups is 1. The number of halogens is 3. The number of anilines is 3. The normalized spacial score (nSPS) is 19.9. The number of aromatic nitrogens is 5. The van der Waals surface area contributed by atoms with Crippen molar-refractivity contribution in [2.75, 3.05) is 47.8 Å². The molecule has 4 aromatic heterocycles. The van der Waals surface area contributed by atoms with Crippen LogP contribution in [0.2, 0.25) is 0 Å². The van der Waals surface area contributed by atoms with Gasteiger partial charge in [-0.3, -0.25) is 39.6 Å². The molecule has 2 atom stereocenters. The van der Waals surface area contributed by atoms with E-state index in [9.17, 15) is 24.3 Å². The summed E-state index contributed by atoms with van der Waals surface area (Å²) in [6, 6.07) is 22.7. The van der Waals surface area contributed by atoms with Crippen LogP contribution in [0.4, 0.5) is 29.8 Å². The van der Waals surface area contributed by atoms with Crippen LogP contribution in [0.25, 0.3) is 32.2 Å². The number of nitrogens with one attached hydrogen (secondary N) is 2. The number of thiazole rings is 1. The number of aryl methyl sites for hydroxylation is 1. The highest BCUT2D eigenvalue weighted by Crippen LogP contribution is 2.46. The van der Waals surface area contributed by atoms with Crippen molar-refractivity contribution in [3.05, 3.63) is 119 Å². The molecule has 4 aliphatic rings. The minimum absolute atomic E-state index is 0.165. The van der Waals surface area contributed by atoms with Gasteiger partial charge in [0.25, 0.3) is 5.91 Å². The SMILES string of the molecule is C[C@H](CCC1CCC(Oc2cccc(-c3ccc(N4CCc5ccnc(C(=O)Nc6nc7ccccc7s6)c5C4)nc3C(=O)O)c2C(F)(F)F)CC1)N1CCN(c2cccc3c([C@H]4CCC(=O)NC4=O)nn(C)c23)CC1. The molecule has 1 saturated carbocycles. The average Bonchev–Trinajstić information content (AvgIpc) is 4.03. The Morgan fingerprint density at radius 1 is 0.868 bits per heavy atom. The third-order valence-electron chi connectivity index (χ3n) is 15.7. The first-order valence-corrected chi connectivity index (χ1v) is 26.8. The molecule has 7 aromatic rings. The summed E-state index contributed by atoms with van der Waals surface area (Å²) >= 11 is 1.34. The highest BCUT2D eigenvalue weighted by atomic mass is 32.1. The van der Waals surface area contributed by atoms with Crippen molar-refractivity contribution in [3.8, 4) is 16.9 Å². The fraction of sp³-hybridized carbons (Fsp3) is 0.393. The molecule has 0 unspecified atom stereocenters. The number of amides is 3. The molecular weight excluding hydrogens is 998 g/mol. The molecule has 76 heavy (non-hydrogen) atoms. The molecule has 16 nitrogen and oxygen atoms in total. The Morgan fingerprint density at radius 2 is 1.66 bits per heavy atom. The lowest BCUT2D eigenvalue weighted by Crippen LogP contribution is -2.49. The van der Waals surface area contributed by atoms with E-state index in [1.165, 1.54) is 41.7 Å². The van der Waals surface area contributed by atoms with E-state index in [0.29, 0.717) is 67.0 Å². The number of aromatic carboxylic acids is 1. The topological polar surface area (TPSA) is 188 Å². The maximum Gasteiger partial charge on any atom is 0.420 e. The standard InChI is InChI=1S/C56H57F3N10O6S/c1-32(67-27-29-68(30-28-67)42-10-5-8-38-48(65-66(2)51(38)42)39-20-22-46(70)63-52(39)71)13-14-33-15-17-35(18-16-33)75-43-11-6-7-36(47(43)56(57,58)59)37-19-21-45(62-50(37)54(73)74)69-26-24-34-23-25-60-49(40(34)31-69)53(72)64-55-61-41-9-3-4-12-44(41)76-55/h3-12,19,21,23,25,32-33,35,39H,13-18,20,22,24,26-31H2,1-2H3,(H,73,74)(H,61,64,72)(H,63,70,71)/t32-,33?,35?,39-/m1/s1. The molecule has 3 aliphatic heterocycles. The summed E-state index contributed by atoms with van der Waals surface area (Å²) < 4.78 is 54.6. The Labute approximate surface area is 440 Å². The highest BCUT2D eigenvalue weighted by Gasteiger charge is 2.40. The molecule has 1 aliphatic carbocycles. The third-order valence-corrected chi connectivity index (χ3v) is 16.6. The van der Waals surface area contributed by atoms with Gasteiger partial charge in [0, 0.05) is 87.1 Å². The van der Waals surface area contributed by atoms with Crippen LogP contribution in [0.3, 0.4) is 0 Å². The van der Waals surface area contributed by atoms with Gasteiger partial charge in [0.15, 0.2) is 10.8 Å². The molecule has 3 N–H and O–H groups in total. The van der Waals surface area contributed by atoms with E-state index in [1.54, 1.807) is 11.1 Å². The number of pyridine rings is 2. The number of hydrogen-bond donors (Lipinski definition) is 3. The Kier molecular flexibility index (Phi) is 14.0. The molecule has 0 spiro atoms. The van der Waals surface area contributed by atoms with E-state index in [-0.39, 0.29) is 46.7 Å². The van der Waals surface area contributed by atoms with Crippen LogP contribution in [0.1, 0.15) is 108 Å². The fourth-order valence-electron chi connectivity index (χ4n) is 11.7. The zero-order valence-electron chi connectivity index (χ0n) is 42.1. The number of ether oxygens (including phenoxy) is 1. The number of carbonyl (C=O) groups is 4. The van der Waals surface area contributed by atoms with Crippen molar-refractivity contribution in [2.45, 2.75) is 95.5 Å². The Balaban J connectivity index is 0.710. The first kappa shape index (κ1) is 50.7. The van der Waals surface area contributed by atoms with Crippen LogP contribution in [-0.4, -0.2) is 103 Å². The van der Waals surface area contributed by atoms with Crippen LogP contribution >= 0.6 is 11.3 Å². The second kappa shape index (κ2) is 20.9. The van der Waals surface area contributed by atoms with Crippen LogP contribution in [0.15, 0.2) is 85.1 Å². The molecule has 2 saturated heterocycles.